The van der Waals surface area contributed by atoms with Gasteiger partial charge in [0.25, 0.3) is 0 Å². The molecule has 3 aromatic heterocycles. The standard InChI is InChI=1S/C55H36N2S/c1-55(2)47-20-8-6-16-39(47)40-25-24-38(31-48(40)55)56(36-13-4-3-5-14-36)37-15-10-12-33(28-37)34-22-26-51-46(29-34)53-44-32-45-43-19-11-18-42-41-17-7-9-21-49(41)57(54(42)43)50(45)30-35(44)23-27-52(53)58-51/h3-32H,1-2H3. The van der Waals surface area contributed by atoms with Gasteiger partial charge in [-0.05, 0) is 117 Å². The van der Waals surface area contributed by atoms with Gasteiger partial charge in [-0.2, -0.15) is 0 Å². The molecule has 0 atom stereocenters. The van der Waals surface area contributed by atoms with Crippen molar-refractivity contribution in [2.45, 2.75) is 19.3 Å². The summed E-state index contributed by atoms with van der Waals surface area (Å²) >= 11 is 1.89. The average Bonchev–Trinajstić information content (AvgIpc) is 3.98. The number of hydrogen-bond donors (Lipinski definition) is 0. The molecule has 0 saturated heterocycles. The summed E-state index contributed by atoms with van der Waals surface area (Å²) in [5.74, 6) is 0. The van der Waals surface area contributed by atoms with Gasteiger partial charge in [-0.25, -0.2) is 0 Å². The smallest absolute Gasteiger partial charge is 0.0620 e. The normalized spacial score (nSPS) is 13.5. The van der Waals surface area contributed by atoms with Crippen LogP contribution >= 0.6 is 11.3 Å². The molecule has 13 rings (SSSR count). The summed E-state index contributed by atoms with van der Waals surface area (Å²) in [6.45, 7) is 4.71. The van der Waals surface area contributed by atoms with Gasteiger partial charge >= 0.3 is 0 Å². The van der Waals surface area contributed by atoms with Crippen molar-refractivity contribution < 1.29 is 0 Å². The largest absolute Gasteiger partial charge is 0.310 e. The Kier molecular flexibility index (Phi) is 6.42. The maximum Gasteiger partial charge on any atom is 0.0620 e. The second-order valence-electron chi connectivity index (χ2n) is 16.5. The third kappa shape index (κ3) is 4.31. The highest BCUT2D eigenvalue weighted by molar-refractivity contribution is 7.26. The van der Waals surface area contributed by atoms with Crippen LogP contribution in [0, 0.1) is 0 Å². The molecule has 9 aromatic carbocycles. The molecule has 1 aliphatic rings. The fraction of sp³-hybridized carbons (Fsp3) is 0.0545. The van der Waals surface area contributed by atoms with Crippen molar-refractivity contribution in [2.75, 3.05) is 4.90 Å². The van der Waals surface area contributed by atoms with Crippen LogP contribution in [-0.2, 0) is 5.41 Å². The highest BCUT2D eigenvalue weighted by atomic mass is 32.1. The van der Waals surface area contributed by atoms with Crippen LogP contribution < -0.4 is 4.90 Å². The average molecular weight is 757 g/mol. The molecule has 0 saturated carbocycles. The fourth-order valence-corrected chi connectivity index (χ4v) is 11.5. The third-order valence-corrected chi connectivity index (χ3v) is 14.2. The van der Waals surface area contributed by atoms with Crippen molar-refractivity contribution >= 4 is 97.4 Å². The molecule has 0 aliphatic heterocycles. The Morgan fingerprint density at radius 3 is 2.05 bits per heavy atom. The number of anilines is 3. The number of thiophene rings is 1. The second-order valence-corrected chi connectivity index (χ2v) is 17.6. The van der Waals surface area contributed by atoms with E-state index >= 15 is 0 Å². The maximum absolute atomic E-state index is 2.48. The van der Waals surface area contributed by atoms with E-state index < -0.39 is 0 Å². The summed E-state index contributed by atoms with van der Waals surface area (Å²) in [7, 11) is 0. The number of para-hydroxylation sites is 3. The van der Waals surface area contributed by atoms with Gasteiger partial charge < -0.3 is 9.30 Å². The Labute approximate surface area is 339 Å². The lowest BCUT2D eigenvalue weighted by atomic mass is 9.82. The van der Waals surface area contributed by atoms with Crippen LogP contribution in [0.4, 0.5) is 17.1 Å². The zero-order chi connectivity index (χ0) is 38.3. The van der Waals surface area contributed by atoms with Gasteiger partial charge in [0.1, 0.15) is 0 Å². The van der Waals surface area contributed by atoms with Gasteiger partial charge in [-0.15, -0.1) is 11.3 Å². The van der Waals surface area contributed by atoms with Crippen molar-refractivity contribution in [3.05, 3.63) is 193 Å². The van der Waals surface area contributed by atoms with Crippen molar-refractivity contribution in [1.29, 1.82) is 0 Å². The van der Waals surface area contributed by atoms with Gasteiger partial charge in [0.2, 0.25) is 0 Å². The van der Waals surface area contributed by atoms with E-state index in [1.807, 2.05) is 11.3 Å². The van der Waals surface area contributed by atoms with Crippen LogP contribution in [0.25, 0.3) is 91.3 Å². The first-order valence-corrected chi connectivity index (χ1v) is 21.0. The predicted molar refractivity (Wildman–Crippen MR) is 249 cm³/mol. The summed E-state index contributed by atoms with van der Waals surface area (Å²) in [5, 5.41) is 10.5. The number of aromatic nitrogens is 1. The molecule has 0 bridgehead atoms. The third-order valence-electron chi connectivity index (χ3n) is 13.1. The predicted octanol–water partition coefficient (Wildman–Crippen LogP) is 15.8. The number of benzene rings is 9. The molecule has 58 heavy (non-hydrogen) atoms. The molecule has 0 N–H and O–H groups in total. The van der Waals surface area contributed by atoms with Crippen molar-refractivity contribution in [3.8, 4) is 22.3 Å². The molecule has 12 aromatic rings. The zero-order valence-electron chi connectivity index (χ0n) is 32.1. The fourth-order valence-electron chi connectivity index (χ4n) is 10.4. The Hall–Kier alpha value is -6.94. The van der Waals surface area contributed by atoms with Gasteiger partial charge in [0.05, 0.1) is 16.6 Å². The maximum atomic E-state index is 2.48. The highest BCUT2D eigenvalue weighted by Crippen LogP contribution is 2.51. The first-order chi connectivity index (χ1) is 28.5. The molecule has 0 amide bonds. The molecular formula is C55H36N2S. The summed E-state index contributed by atoms with van der Waals surface area (Å²) in [6.07, 6.45) is 0. The van der Waals surface area contributed by atoms with Crippen molar-refractivity contribution in [2.24, 2.45) is 0 Å². The lowest BCUT2D eigenvalue weighted by Gasteiger charge is -2.28. The molecule has 3 heteroatoms. The molecule has 0 radical (unpaired) electrons. The highest BCUT2D eigenvalue weighted by Gasteiger charge is 2.35. The van der Waals surface area contributed by atoms with E-state index in [-0.39, 0.29) is 5.41 Å². The Morgan fingerprint density at radius 1 is 0.431 bits per heavy atom. The topological polar surface area (TPSA) is 7.65 Å². The molecule has 0 spiro atoms. The minimum Gasteiger partial charge on any atom is -0.310 e. The molecule has 0 unspecified atom stereocenters. The first-order valence-electron chi connectivity index (χ1n) is 20.2. The Morgan fingerprint density at radius 2 is 1.14 bits per heavy atom. The first kappa shape index (κ1) is 32.2. The summed E-state index contributed by atoms with van der Waals surface area (Å²) in [4.78, 5) is 2.41. The van der Waals surface area contributed by atoms with Gasteiger partial charge in [0.15, 0.2) is 0 Å². The molecule has 272 valence electrons. The quantitative estimate of drug-likeness (QED) is 0.174. The van der Waals surface area contributed by atoms with E-state index in [4.69, 9.17) is 0 Å². The Balaban J connectivity index is 0.974. The van der Waals surface area contributed by atoms with Gasteiger partial charge in [-0.3, -0.25) is 0 Å². The van der Waals surface area contributed by atoms with Crippen LogP contribution in [-0.4, -0.2) is 4.40 Å². The second kappa shape index (κ2) is 11.6. The van der Waals surface area contributed by atoms with Crippen LogP contribution in [0.2, 0.25) is 0 Å². The van der Waals surface area contributed by atoms with Crippen molar-refractivity contribution in [1.82, 2.24) is 4.40 Å². The molecule has 3 heterocycles. The number of hydrogen-bond acceptors (Lipinski definition) is 2. The van der Waals surface area contributed by atoms with Crippen LogP contribution in [0.1, 0.15) is 25.0 Å². The van der Waals surface area contributed by atoms with E-state index in [1.165, 1.54) is 102 Å². The zero-order valence-corrected chi connectivity index (χ0v) is 32.9. The van der Waals surface area contributed by atoms with Crippen LogP contribution in [0.15, 0.2) is 182 Å². The lowest BCUT2D eigenvalue weighted by Crippen LogP contribution is -2.16. The molecule has 1 aliphatic carbocycles. The van der Waals surface area contributed by atoms with Gasteiger partial charge in [-0.1, -0.05) is 123 Å². The van der Waals surface area contributed by atoms with Gasteiger partial charge in [0, 0.05) is 64.2 Å². The van der Waals surface area contributed by atoms with E-state index in [1.54, 1.807) is 0 Å². The molecule has 2 nitrogen and oxygen atoms in total. The van der Waals surface area contributed by atoms with Crippen LogP contribution in [0.3, 0.4) is 0 Å². The molecule has 0 fully saturated rings. The summed E-state index contributed by atoms with van der Waals surface area (Å²) in [6, 6.07) is 68.0. The van der Waals surface area contributed by atoms with E-state index in [0.717, 1.165) is 17.1 Å². The monoisotopic (exact) mass is 756 g/mol. The molecular weight excluding hydrogens is 721 g/mol. The number of nitrogens with zero attached hydrogens (tertiary/aromatic N) is 2. The lowest BCUT2D eigenvalue weighted by molar-refractivity contribution is 0.660. The van der Waals surface area contributed by atoms with Crippen molar-refractivity contribution in [3.63, 3.8) is 0 Å². The van der Waals surface area contributed by atoms with Crippen LogP contribution in [0.5, 0.6) is 0 Å². The van der Waals surface area contributed by atoms with E-state index in [0.29, 0.717) is 0 Å². The summed E-state index contributed by atoms with van der Waals surface area (Å²) < 4.78 is 5.12. The summed E-state index contributed by atoms with van der Waals surface area (Å²) in [5.41, 5.74) is 15.1. The number of fused-ring (bicyclic) bond motifs is 14. The van der Waals surface area contributed by atoms with E-state index in [9.17, 15) is 0 Å². The Bertz CT molecular complexity index is 3660. The minimum absolute atomic E-state index is 0.0816. The SMILES string of the molecule is CC1(C)c2ccccc2-c2ccc(N(c3ccccc3)c3cccc(-c4ccc5sc6ccc7cc8c(cc7c6c5c4)c4cccc5c6ccccc6n8c54)c3)cc21. The minimum atomic E-state index is -0.0816. The number of rotatable bonds is 4. The van der Waals surface area contributed by atoms with E-state index in [2.05, 4.69) is 205 Å².